The number of aryl methyl sites for hydroxylation is 1. The Balaban J connectivity index is 0.00000182. The van der Waals surface area contributed by atoms with E-state index < -0.39 is 0 Å². The first-order chi connectivity index (χ1) is 12.1. The standard InChI is InChI=1S/C20H30N4O.2ClH/c1-23(2)13-10-17(22-20(25)15-8-11-21-12-9-15)19-14-16-6-4-5-7-18(16)24(19)3;;/h4-7,14-15,17,21H,8-13H2,1-3H3,(H,22,25);2*1H. The van der Waals surface area contributed by atoms with Crippen LogP contribution in [0.5, 0.6) is 0 Å². The average molecular weight is 415 g/mol. The molecule has 1 atom stereocenters. The highest BCUT2D eigenvalue weighted by Crippen LogP contribution is 2.26. The number of halogens is 2. The lowest BCUT2D eigenvalue weighted by Gasteiger charge is -2.26. The molecule has 7 heteroatoms. The monoisotopic (exact) mass is 414 g/mol. The van der Waals surface area contributed by atoms with Gasteiger partial charge >= 0.3 is 0 Å². The Morgan fingerprint density at radius 3 is 2.56 bits per heavy atom. The van der Waals surface area contributed by atoms with Crippen LogP contribution < -0.4 is 10.6 Å². The smallest absolute Gasteiger partial charge is 0.223 e. The predicted molar refractivity (Wildman–Crippen MR) is 117 cm³/mol. The quantitative estimate of drug-likeness (QED) is 0.762. The number of hydrogen-bond donors (Lipinski definition) is 2. The van der Waals surface area contributed by atoms with Crippen molar-refractivity contribution >= 4 is 41.6 Å². The highest BCUT2D eigenvalue weighted by molar-refractivity contribution is 5.85. The van der Waals surface area contributed by atoms with E-state index in [2.05, 4.69) is 71.6 Å². The zero-order valence-electron chi connectivity index (χ0n) is 16.4. The predicted octanol–water partition coefficient (Wildman–Crippen LogP) is 3.13. The summed E-state index contributed by atoms with van der Waals surface area (Å²) in [6, 6.07) is 10.7. The summed E-state index contributed by atoms with van der Waals surface area (Å²) in [5.74, 6) is 0.341. The van der Waals surface area contributed by atoms with E-state index in [4.69, 9.17) is 0 Å². The second-order valence-electron chi connectivity index (χ2n) is 7.36. The number of carbonyl (C=O) groups excluding carboxylic acids is 1. The number of nitrogens with one attached hydrogen (secondary N) is 2. The van der Waals surface area contributed by atoms with Gasteiger partial charge in [-0.15, -0.1) is 24.8 Å². The Hall–Kier alpha value is -1.27. The van der Waals surface area contributed by atoms with E-state index in [1.165, 1.54) is 16.6 Å². The van der Waals surface area contributed by atoms with Crippen LogP contribution in [-0.2, 0) is 11.8 Å². The summed E-state index contributed by atoms with van der Waals surface area (Å²) in [4.78, 5) is 15.0. The van der Waals surface area contributed by atoms with Crippen molar-refractivity contribution in [3.05, 3.63) is 36.0 Å². The maximum Gasteiger partial charge on any atom is 0.223 e. The zero-order valence-corrected chi connectivity index (χ0v) is 18.0. The highest BCUT2D eigenvalue weighted by atomic mass is 35.5. The first kappa shape index (κ1) is 23.8. The van der Waals surface area contributed by atoms with Gasteiger partial charge in [-0.1, -0.05) is 18.2 Å². The maximum atomic E-state index is 12.8. The molecule has 5 nitrogen and oxygen atoms in total. The van der Waals surface area contributed by atoms with Crippen LogP contribution in [0.2, 0.25) is 0 Å². The number of nitrogens with zero attached hydrogens (tertiary/aromatic N) is 2. The Bertz CT molecular complexity index is 726. The number of carbonyl (C=O) groups is 1. The van der Waals surface area contributed by atoms with Crippen LogP contribution in [0.25, 0.3) is 10.9 Å². The molecule has 0 bridgehead atoms. The molecule has 1 saturated heterocycles. The lowest BCUT2D eigenvalue weighted by Crippen LogP contribution is -2.40. The minimum atomic E-state index is 0. The second-order valence-corrected chi connectivity index (χ2v) is 7.36. The van der Waals surface area contributed by atoms with Crippen molar-refractivity contribution in [1.29, 1.82) is 0 Å². The van der Waals surface area contributed by atoms with Gasteiger partial charge in [0.1, 0.15) is 0 Å². The van der Waals surface area contributed by atoms with Gasteiger partial charge in [-0.25, -0.2) is 0 Å². The van der Waals surface area contributed by atoms with E-state index in [0.717, 1.165) is 38.9 Å². The molecule has 0 saturated carbocycles. The molecule has 0 radical (unpaired) electrons. The van der Waals surface area contributed by atoms with Gasteiger partial charge in [0.15, 0.2) is 0 Å². The van der Waals surface area contributed by atoms with Crippen molar-refractivity contribution in [1.82, 2.24) is 20.1 Å². The van der Waals surface area contributed by atoms with Crippen LogP contribution >= 0.6 is 24.8 Å². The van der Waals surface area contributed by atoms with Crippen molar-refractivity contribution < 1.29 is 4.79 Å². The summed E-state index contributed by atoms with van der Waals surface area (Å²) in [6.45, 7) is 2.82. The normalized spacial score (nSPS) is 15.9. The highest BCUT2D eigenvalue weighted by Gasteiger charge is 2.25. The Morgan fingerprint density at radius 1 is 1.26 bits per heavy atom. The Kier molecular flexibility index (Phi) is 9.60. The van der Waals surface area contributed by atoms with E-state index in [0.29, 0.717) is 0 Å². The average Bonchev–Trinajstić information content (AvgIpc) is 2.96. The van der Waals surface area contributed by atoms with Gasteiger partial charge in [0.25, 0.3) is 0 Å². The summed E-state index contributed by atoms with van der Waals surface area (Å²) in [5, 5.41) is 7.90. The van der Waals surface area contributed by atoms with Gasteiger partial charge in [-0.2, -0.15) is 0 Å². The van der Waals surface area contributed by atoms with Gasteiger partial charge in [0.05, 0.1) is 6.04 Å². The number of hydrogen-bond acceptors (Lipinski definition) is 3. The number of aromatic nitrogens is 1. The Morgan fingerprint density at radius 2 is 1.93 bits per heavy atom. The molecule has 152 valence electrons. The van der Waals surface area contributed by atoms with Crippen LogP contribution in [0.3, 0.4) is 0 Å². The summed E-state index contributed by atoms with van der Waals surface area (Å²) in [6.07, 6.45) is 2.77. The molecule has 0 aliphatic carbocycles. The van der Waals surface area contributed by atoms with Crippen molar-refractivity contribution in [2.24, 2.45) is 13.0 Å². The summed E-state index contributed by atoms with van der Waals surface area (Å²) in [7, 11) is 6.25. The molecule has 1 amide bonds. The molecule has 1 aliphatic rings. The van der Waals surface area contributed by atoms with Gasteiger partial charge in [-0.05, 0) is 70.5 Å². The molecule has 27 heavy (non-hydrogen) atoms. The molecule has 1 unspecified atom stereocenters. The van der Waals surface area contributed by atoms with Gasteiger partial charge < -0.3 is 20.1 Å². The van der Waals surface area contributed by atoms with E-state index >= 15 is 0 Å². The van der Waals surface area contributed by atoms with Crippen LogP contribution in [0.15, 0.2) is 30.3 Å². The number of rotatable bonds is 6. The van der Waals surface area contributed by atoms with E-state index in [1.54, 1.807) is 0 Å². The molecule has 0 spiro atoms. The molecular formula is C20H32Cl2N4O. The zero-order chi connectivity index (χ0) is 17.8. The maximum absolute atomic E-state index is 12.8. The van der Waals surface area contributed by atoms with Crippen LogP contribution in [0, 0.1) is 5.92 Å². The lowest BCUT2D eigenvalue weighted by molar-refractivity contribution is -0.126. The molecule has 3 rings (SSSR count). The number of fused-ring (bicyclic) bond motifs is 1. The molecule has 2 N–H and O–H groups in total. The van der Waals surface area contributed by atoms with Crippen LogP contribution in [-0.4, -0.2) is 49.1 Å². The minimum Gasteiger partial charge on any atom is -0.348 e. The van der Waals surface area contributed by atoms with Crippen molar-refractivity contribution in [2.45, 2.75) is 25.3 Å². The van der Waals surface area contributed by atoms with E-state index in [9.17, 15) is 4.79 Å². The number of amides is 1. The van der Waals surface area contributed by atoms with Gasteiger partial charge in [0.2, 0.25) is 5.91 Å². The lowest BCUT2D eigenvalue weighted by atomic mass is 9.96. The summed E-state index contributed by atoms with van der Waals surface area (Å²) >= 11 is 0. The Labute approximate surface area is 174 Å². The second kappa shape index (κ2) is 10.9. The third-order valence-corrected chi connectivity index (χ3v) is 5.24. The number of para-hydroxylation sites is 1. The van der Waals surface area contributed by atoms with Gasteiger partial charge in [-0.3, -0.25) is 4.79 Å². The van der Waals surface area contributed by atoms with E-state index in [1.807, 2.05) is 0 Å². The topological polar surface area (TPSA) is 49.3 Å². The summed E-state index contributed by atoms with van der Waals surface area (Å²) in [5.41, 5.74) is 2.40. The number of benzene rings is 1. The fourth-order valence-electron chi connectivity index (χ4n) is 3.70. The van der Waals surface area contributed by atoms with E-state index in [-0.39, 0.29) is 42.7 Å². The molecule has 1 fully saturated rings. The third kappa shape index (κ3) is 5.85. The fraction of sp³-hybridized carbons (Fsp3) is 0.550. The number of piperidine rings is 1. The molecule has 2 aromatic rings. The summed E-state index contributed by atoms with van der Waals surface area (Å²) < 4.78 is 2.22. The molecule has 2 heterocycles. The van der Waals surface area contributed by atoms with Crippen LogP contribution in [0.1, 0.15) is 31.0 Å². The molecular weight excluding hydrogens is 383 g/mol. The van der Waals surface area contributed by atoms with Crippen molar-refractivity contribution in [3.8, 4) is 0 Å². The minimum absolute atomic E-state index is 0. The molecule has 1 aromatic heterocycles. The third-order valence-electron chi connectivity index (χ3n) is 5.24. The largest absolute Gasteiger partial charge is 0.348 e. The van der Waals surface area contributed by atoms with Crippen molar-refractivity contribution in [3.63, 3.8) is 0 Å². The SMILES string of the molecule is CN(C)CCC(NC(=O)C1CCNCC1)c1cc2ccccc2n1C.Cl.Cl. The first-order valence-electron chi connectivity index (χ1n) is 9.26. The first-order valence-corrected chi connectivity index (χ1v) is 9.26. The molecule has 1 aliphatic heterocycles. The molecule has 1 aromatic carbocycles. The van der Waals surface area contributed by atoms with Crippen LogP contribution in [0.4, 0.5) is 0 Å². The fourth-order valence-corrected chi connectivity index (χ4v) is 3.70. The van der Waals surface area contributed by atoms with Gasteiger partial charge in [0, 0.05) is 24.2 Å². The van der Waals surface area contributed by atoms with Crippen molar-refractivity contribution in [2.75, 3.05) is 33.7 Å².